The Balaban J connectivity index is 2.30. The molecule has 17 heavy (non-hydrogen) atoms. The molecule has 0 aliphatic rings. The van der Waals surface area contributed by atoms with E-state index in [1.54, 1.807) is 0 Å². The smallest absolute Gasteiger partial charge is 0.0951 e. The zero-order valence-corrected chi connectivity index (χ0v) is 10.6. The van der Waals surface area contributed by atoms with Gasteiger partial charge in [-0.3, -0.25) is 0 Å². The standard InChI is InChI=1S/C13H16ClN3/c1-2-12(15)8-17-9-16-7-13(17)10-4-3-5-11(14)6-10/h3-7,9,12H,2,8,15H2,1H3. The number of nitrogens with zero attached hydrogens (tertiary/aromatic N) is 2. The van der Waals surface area contributed by atoms with Crippen LogP contribution >= 0.6 is 11.6 Å². The van der Waals surface area contributed by atoms with Gasteiger partial charge in [-0.05, 0) is 18.6 Å². The van der Waals surface area contributed by atoms with E-state index in [-0.39, 0.29) is 6.04 Å². The molecule has 0 amide bonds. The van der Waals surface area contributed by atoms with Crippen molar-refractivity contribution in [2.75, 3.05) is 0 Å². The number of hydrogen-bond donors (Lipinski definition) is 1. The molecule has 0 radical (unpaired) electrons. The number of nitrogens with two attached hydrogens (primary N) is 1. The maximum Gasteiger partial charge on any atom is 0.0951 e. The Bertz CT molecular complexity index is 493. The van der Waals surface area contributed by atoms with Crippen LogP contribution in [0.25, 0.3) is 11.3 Å². The number of halogens is 1. The fourth-order valence-corrected chi connectivity index (χ4v) is 1.93. The Hall–Kier alpha value is -1.32. The van der Waals surface area contributed by atoms with E-state index in [9.17, 15) is 0 Å². The molecule has 0 aliphatic carbocycles. The molecule has 0 saturated carbocycles. The minimum absolute atomic E-state index is 0.155. The maximum atomic E-state index is 5.99. The summed E-state index contributed by atoms with van der Waals surface area (Å²) in [5.41, 5.74) is 8.09. The number of rotatable bonds is 4. The summed E-state index contributed by atoms with van der Waals surface area (Å²) in [5, 5.41) is 0.732. The van der Waals surface area contributed by atoms with E-state index in [0.717, 1.165) is 29.2 Å². The predicted molar refractivity (Wildman–Crippen MR) is 70.9 cm³/mol. The Morgan fingerprint density at radius 2 is 2.29 bits per heavy atom. The Morgan fingerprint density at radius 3 is 3.00 bits per heavy atom. The van der Waals surface area contributed by atoms with Gasteiger partial charge in [0.1, 0.15) is 0 Å². The van der Waals surface area contributed by atoms with Gasteiger partial charge in [0.15, 0.2) is 0 Å². The van der Waals surface area contributed by atoms with Gasteiger partial charge in [0.25, 0.3) is 0 Å². The molecule has 0 fully saturated rings. The van der Waals surface area contributed by atoms with Crippen molar-refractivity contribution >= 4 is 11.6 Å². The van der Waals surface area contributed by atoms with Crippen LogP contribution in [0.3, 0.4) is 0 Å². The minimum atomic E-state index is 0.155. The van der Waals surface area contributed by atoms with E-state index in [1.807, 2.05) is 36.8 Å². The summed E-state index contributed by atoms with van der Waals surface area (Å²) < 4.78 is 2.07. The molecule has 1 aromatic heterocycles. The van der Waals surface area contributed by atoms with E-state index in [2.05, 4.69) is 16.5 Å². The zero-order valence-electron chi connectivity index (χ0n) is 9.81. The first-order valence-corrected chi connectivity index (χ1v) is 6.10. The van der Waals surface area contributed by atoms with E-state index in [0.29, 0.717) is 0 Å². The fraction of sp³-hybridized carbons (Fsp3) is 0.308. The summed E-state index contributed by atoms with van der Waals surface area (Å²) in [5.74, 6) is 0. The van der Waals surface area contributed by atoms with Crippen LogP contribution in [0, 0.1) is 0 Å². The van der Waals surface area contributed by atoms with E-state index < -0.39 is 0 Å². The highest BCUT2D eigenvalue weighted by Crippen LogP contribution is 2.22. The molecule has 0 aliphatic heterocycles. The third-order valence-corrected chi connectivity index (χ3v) is 3.02. The molecule has 0 bridgehead atoms. The summed E-state index contributed by atoms with van der Waals surface area (Å²) >= 11 is 5.99. The maximum absolute atomic E-state index is 5.99. The molecule has 1 heterocycles. The van der Waals surface area contributed by atoms with Crippen LogP contribution in [0.1, 0.15) is 13.3 Å². The number of aromatic nitrogens is 2. The summed E-state index contributed by atoms with van der Waals surface area (Å²) in [6.45, 7) is 2.86. The largest absolute Gasteiger partial charge is 0.329 e. The van der Waals surface area contributed by atoms with Crippen LogP contribution in [-0.2, 0) is 6.54 Å². The highest BCUT2D eigenvalue weighted by molar-refractivity contribution is 6.30. The fourth-order valence-electron chi connectivity index (χ4n) is 1.74. The highest BCUT2D eigenvalue weighted by atomic mass is 35.5. The molecule has 2 N–H and O–H groups in total. The van der Waals surface area contributed by atoms with Gasteiger partial charge < -0.3 is 10.3 Å². The average molecular weight is 250 g/mol. The second-order valence-electron chi connectivity index (χ2n) is 4.11. The highest BCUT2D eigenvalue weighted by Gasteiger charge is 2.08. The van der Waals surface area contributed by atoms with E-state index in [1.165, 1.54) is 0 Å². The molecular formula is C13H16ClN3. The van der Waals surface area contributed by atoms with Crippen LogP contribution in [0.15, 0.2) is 36.8 Å². The van der Waals surface area contributed by atoms with Crippen LogP contribution in [0.2, 0.25) is 5.02 Å². The average Bonchev–Trinajstić information content (AvgIpc) is 2.77. The normalized spacial score (nSPS) is 12.6. The van der Waals surface area contributed by atoms with Crippen LogP contribution in [0.4, 0.5) is 0 Å². The van der Waals surface area contributed by atoms with Crippen LogP contribution in [-0.4, -0.2) is 15.6 Å². The Morgan fingerprint density at radius 1 is 1.47 bits per heavy atom. The Kier molecular flexibility index (Phi) is 3.82. The lowest BCUT2D eigenvalue weighted by molar-refractivity contribution is 0.542. The third-order valence-electron chi connectivity index (χ3n) is 2.79. The molecule has 1 atom stereocenters. The lowest BCUT2D eigenvalue weighted by atomic mass is 10.1. The minimum Gasteiger partial charge on any atom is -0.329 e. The first kappa shape index (κ1) is 12.1. The van der Waals surface area contributed by atoms with Crippen molar-refractivity contribution in [1.82, 2.24) is 9.55 Å². The molecule has 0 saturated heterocycles. The zero-order chi connectivity index (χ0) is 12.3. The summed E-state index contributed by atoms with van der Waals surface area (Å²) in [4.78, 5) is 4.18. The van der Waals surface area contributed by atoms with Crippen molar-refractivity contribution in [2.24, 2.45) is 5.73 Å². The molecule has 2 aromatic rings. The molecule has 4 heteroatoms. The topological polar surface area (TPSA) is 43.8 Å². The lowest BCUT2D eigenvalue weighted by Gasteiger charge is -2.13. The molecule has 90 valence electrons. The molecular weight excluding hydrogens is 234 g/mol. The van der Waals surface area contributed by atoms with Gasteiger partial charge in [-0.1, -0.05) is 30.7 Å². The molecule has 1 unspecified atom stereocenters. The molecule has 3 nitrogen and oxygen atoms in total. The van der Waals surface area contributed by atoms with Crippen molar-refractivity contribution in [1.29, 1.82) is 0 Å². The molecule has 0 spiro atoms. The second-order valence-corrected chi connectivity index (χ2v) is 4.55. The van der Waals surface area contributed by atoms with Crippen LogP contribution in [0.5, 0.6) is 0 Å². The van der Waals surface area contributed by atoms with E-state index in [4.69, 9.17) is 17.3 Å². The van der Waals surface area contributed by atoms with Crippen molar-refractivity contribution in [3.05, 3.63) is 41.8 Å². The second kappa shape index (κ2) is 5.34. The van der Waals surface area contributed by atoms with Gasteiger partial charge in [-0.25, -0.2) is 4.98 Å². The van der Waals surface area contributed by atoms with Crippen molar-refractivity contribution in [2.45, 2.75) is 25.9 Å². The molecule has 2 rings (SSSR count). The van der Waals surface area contributed by atoms with Gasteiger partial charge in [0, 0.05) is 23.2 Å². The van der Waals surface area contributed by atoms with Gasteiger partial charge in [-0.2, -0.15) is 0 Å². The summed E-state index contributed by atoms with van der Waals surface area (Å²) in [7, 11) is 0. The van der Waals surface area contributed by atoms with Crippen LogP contribution < -0.4 is 5.73 Å². The Labute approximate surface area is 106 Å². The lowest BCUT2D eigenvalue weighted by Crippen LogP contribution is -2.25. The van der Waals surface area contributed by atoms with Crippen molar-refractivity contribution < 1.29 is 0 Å². The van der Waals surface area contributed by atoms with Crippen molar-refractivity contribution in [3.63, 3.8) is 0 Å². The van der Waals surface area contributed by atoms with E-state index >= 15 is 0 Å². The number of hydrogen-bond acceptors (Lipinski definition) is 2. The van der Waals surface area contributed by atoms with Gasteiger partial charge in [-0.15, -0.1) is 0 Å². The van der Waals surface area contributed by atoms with Crippen molar-refractivity contribution in [3.8, 4) is 11.3 Å². The SMILES string of the molecule is CCC(N)Cn1cncc1-c1cccc(Cl)c1. The third kappa shape index (κ3) is 2.87. The molecule has 1 aromatic carbocycles. The van der Waals surface area contributed by atoms with Gasteiger partial charge >= 0.3 is 0 Å². The number of imidazole rings is 1. The first-order chi connectivity index (χ1) is 8.20. The first-order valence-electron chi connectivity index (χ1n) is 5.72. The monoisotopic (exact) mass is 249 g/mol. The van der Waals surface area contributed by atoms with Gasteiger partial charge in [0.2, 0.25) is 0 Å². The number of benzene rings is 1. The summed E-state index contributed by atoms with van der Waals surface area (Å²) in [6.07, 6.45) is 4.60. The summed E-state index contributed by atoms with van der Waals surface area (Å²) in [6, 6.07) is 7.92. The quantitative estimate of drug-likeness (QED) is 0.906. The predicted octanol–water partition coefficient (Wildman–Crippen LogP) is 2.94. The van der Waals surface area contributed by atoms with Gasteiger partial charge in [0.05, 0.1) is 18.2 Å².